The SMILES string of the molecule is C=CCCC(F)C(=O)OF. The van der Waals surface area contributed by atoms with E-state index in [4.69, 9.17) is 0 Å². The number of carbonyl (C=O) groups is 1. The first-order valence-electron chi connectivity index (χ1n) is 2.79. The van der Waals surface area contributed by atoms with Crippen molar-refractivity contribution in [1.29, 1.82) is 0 Å². The van der Waals surface area contributed by atoms with Crippen molar-refractivity contribution in [3.05, 3.63) is 12.7 Å². The summed E-state index contributed by atoms with van der Waals surface area (Å²) >= 11 is 0. The first-order valence-corrected chi connectivity index (χ1v) is 2.79. The van der Waals surface area contributed by atoms with Crippen LogP contribution < -0.4 is 0 Å². The number of hydrogen-bond acceptors (Lipinski definition) is 2. The molecule has 0 heterocycles. The van der Waals surface area contributed by atoms with Gasteiger partial charge in [-0.3, -0.25) is 4.94 Å². The van der Waals surface area contributed by atoms with E-state index in [9.17, 15) is 13.7 Å². The lowest BCUT2D eigenvalue weighted by Gasteiger charge is -1.98. The van der Waals surface area contributed by atoms with Crippen LogP contribution in [0.1, 0.15) is 12.8 Å². The van der Waals surface area contributed by atoms with Crippen LogP contribution in [0, 0.1) is 0 Å². The Hall–Kier alpha value is -0.930. The summed E-state index contributed by atoms with van der Waals surface area (Å²) in [5.74, 6) is -1.47. The normalized spacial score (nSPS) is 12.2. The molecule has 0 rings (SSSR count). The van der Waals surface area contributed by atoms with Gasteiger partial charge in [-0.05, 0) is 12.8 Å². The summed E-state index contributed by atoms with van der Waals surface area (Å²) in [5.41, 5.74) is 0. The molecule has 0 aromatic heterocycles. The highest BCUT2D eigenvalue weighted by Gasteiger charge is 2.18. The average Bonchev–Trinajstić information content (AvgIpc) is 1.98. The van der Waals surface area contributed by atoms with E-state index in [0.717, 1.165) is 0 Å². The van der Waals surface area contributed by atoms with E-state index in [0.29, 0.717) is 6.42 Å². The fourth-order valence-electron chi connectivity index (χ4n) is 0.430. The van der Waals surface area contributed by atoms with Crippen molar-refractivity contribution in [2.45, 2.75) is 19.0 Å². The minimum atomic E-state index is -1.87. The molecule has 0 aliphatic heterocycles. The molecular weight excluding hydrogens is 142 g/mol. The Morgan fingerprint density at radius 1 is 1.80 bits per heavy atom. The lowest BCUT2D eigenvalue weighted by molar-refractivity contribution is -0.190. The fourth-order valence-corrected chi connectivity index (χ4v) is 0.430. The average molecular weight is 150 g/mol. The van der Waals surface area contributed by atoms with E-state index in [2.05, 4.69) is 11.5 Å². The van der Waals surface area contributed by atoms with E-state index in [1.165, 1.54) is 6.08 Å². The van der Waals surface area contributed by atoms with Gasteiger partial charge in [0.1, 0.15) is 0 Å². The molecule has 0 saturated carbocycles. The molecule has 0 amide bonds. The Morgan fingerprint density at radius 3 is 2.80 bits per heavy atom. The molecule has 0 N–H and O–H groups in total. The third-order valence-electron chi connectivity index (χ3n) is 0.956. The highest BCUT2D eigenvalue weighted by atomic mass is 19.3. The van der Waals surface area contributed by atoms with Crippen molar-refractivity contribution in [3.8, 4) is 0 Å². The van der Waals surface area contributed by atoms with Gasteiger partial charge in [-0.2, -0.15) is 0 Å². The predicted molar refractivity (Wildman–Crippen MR) is 31.5 cm³/mol. The molecule has 0 aliphatic carbocycles. The Balaban J connectivity index is 3.50. The van der Waals surface area contributed by atoms with E-state index < -0.39 is 12.1 Å². The van der Waals surface area contributed by atoms with Crippen LogP contribution in [-0.4, -0.2) is 12.1 Å². The van der Waals surface area contributed by atoms with Crippen LogP contribution in [0.3, 0.4) is 0 Å². The molecule has 58 valence electrons. The van der Waals surface area contributed by atoms with Gasteiger partial charge in [0.05, 0.1) is 0 Å². The van der Waals surface area contributed by atoms with E-state index in [1.54, 1.807) is 0 Å². The molecule has 0 aliphatic rings. The van der Waals surface area contributed by atoms with Crippen molar-refractivity contribution in [3.63, 3.8) is 0 Å². The summed E-state index contributed by atoms with van der Waals surface area (Å²) in [7, 11) is 0. The quantitative estimate of drug-likeness (QED) is 0.570. The molecule has 1 atom stereocenters. The second-order valence-corrected chi connectivity index (χ2v) is 1.73. The highest BCUT2D eigenvalue weighted by molar-refractivity contribution is 5.73. The number of rotatable bonds is 4. The van der Waals surface area contributed by atoms with Gasteiger partial charge >= 0.3 is 5.97 Å². The van der Waals surface area contributed by atoms with Gasteiger partial charge in [0.15, 0.2) is 0 Å². The number of allylic oxidation sites excluding steroid dienone is 1. The van der Waals surface area contributed by atoms with Crippen LogP contribution in [0.15, 0.2) is 12.7 Å². The molecule has 0 fully saturated rings. The van der Waals surface area contributed by atoms with Crippen molar-refractivity contribution in [1.82, 2.24) is 0 Å². The molecule has 0 aromatic rings. The van der Waals surface area contributed by atoms with Crippen LogP contribution in [0.25, 0.3) is 0 Å². The van der Waals surface area contributed by atoms with Gasteiger partial charge < -0.3 is 0 Å². The predicted octanol–water partition coefficient (Wildman–Crippen LogP) is 1.72. The number of carbonyl (C=O) groups excluding carboxylic acids is 1. The van der Waals surface area contributed by atoms with Gasteiger partial charge in [-0.25, -0.2) is 9.18 Å². The first kappa shape index (κ1) is 9.07. The molecule has 0 bridgehead atoms. The molecule has 0 spiro atoms. The monoisotopic (exact) mass is 150 g/mol. The van der Waals surface area contributed by atoms with Crippen LogP contribution in [0.2, 0.25) is 0 Å². The molecular formula is C6H8F2O2. The number of alkyl halides is 1. The van der Waals surface area contributed by atoms with Crippen LogP contribution in [0.4, 0.5) is 8.92 Å². The van der Waals surface area contributed by atoms with E-state index >= 15 is 0 Å². The van der Waals surface area contributed by atoms with Gasteiger partial charge in [0.2, 0.25) is 6.17 Å². The standard InChI is InChI=1S/C6H8F2O2/c1-2-3-4-5(7)6(9)10-8/h2,5H,1,3-4H2. The lowest BCUT2D eigenvalue weighted by atomic mass is 10.2. The summed E-state index contributed by atoms with van der Waals surface area (Å²) < 4.78 is 23.2. The van der Waals surface area contributed by atoms with Crippen LogP contribution in [0.5, 0.6) is 0 Å². The van der Waals surface area contributed by atoms with E-state index in [-0.39, 0.29) is 6.42 Å². The molecule has 0 radical (unpaired) electrons. The molecule has 2 nitrogen and oxygen atoms in total. The zero-order valence-corrected chi connectivity index (χ0v) is 5.35. The first-order chi connectivity index (χ1) is 4.72. The van der Waals surface area contributed by atoms with Crippen LogP contribution >= 0.6 is 0 Å². The highest BCUT2D eigenvalue weighted by Crippen LogP contribution is 2.04. The van der Waals surface area contributed by atoms with Crippen molar-refractivity contribution in [2.24, 2.45) is 0 Å². The van der Waals surface area contributed by atoms with Gasteiger partial charge in [-0.15, -0.1) is 6.58 Å². The Morgan fingerprint density at radius 2 is 2.40 bits per heavy atom. The second kappa shape index (κ2) is 4.90. The maximum atomic E-state index is 12.2. The zero-order valence-electron chi connectivity index (χ0n) is 5.35. The largest absolute Gasteiger partial charge is 0.382 e. The third kappa shape index (κ3) is 3.17. The fraction of sp³-hybridized carbons (Fsp3) is 0.500. The molecule has 10 heavy (non-hydrogen) atoms. The maximum absolute atomic E-state index is 12.2. The zero-order chi connectivity index (χ0) is 7.98. The molecule has 0 aromatic carbocycles. The second-order valence-electron chi connectivity index (χ2n) is 1.73. The molecule has 4 heteroatoms. The van der Waals surface area contributed by atoms with Crippen LogP contribution in [-0.2, 0) is 9.74 Å². The topological polar surface area (TPSA) is 26.3 Å². The number of hydrogen-bond donors (Lipinski definition) is 0. The Labute approximate surface area is 57.4 Å². The summed E-state index contributed by atoms with van der Waals surface area (Å²) in [5, 5.41) is 0. The third-order valence-corrected chi connectivity index (χ3v) is 0.956. The molecule has 1 unspecified atom stereocenters. The van der Waals surface area contributed by atoms with E-state index in [1.807, 2.05) is 0 Å². The summed E-state index contributed by atoms with van der Waals surface area (Å²) in [6, 6.07) is 0. The van der Waals surface area contributed by atoms with Crippen molar-refractivity contribution < 1.29 is 18.7 Å². The van der Waals surface area contributed by atoms with Gasteiger partial charge in [0.25, 0.3) is 0 Å². The Kier molecular flexibility index (Phi) is 4.45. The summed E-state index contributed by atoms with van der Waals surface area (Å²) in [6.45, 7) is 3.31. The smallest absolute Gasteiger partial charge is 0.252 e. The van der Waals surface area contributed by atoms with Crippen molar-refractivity contribution in [2.75, 3.05) is 0 Å². The maximum Gasteiger partial charge on any atom is 0.382 e. The minimum absolute atomic E-state index is 0.0771. The minimum Gasteiger partial charge on any atom is -0.252 e. The Bertz CT molecular complexity index is 125. The van der Waals surface area contributed by atoms with Crippen molar-refractivity contribution >= 4 is 5.97 Å². The van der Waals surface area contributed by atoms with Gasteiger partial charge in [0, 0.05) is 4.53 Å². The summed E-state index contributed by atoms with van der Waals surface area (Å²) in [4.78, 5) is 12.7. The molecule has 0 saturated heterocycles. The lowest BCUT2D eigenvalue weighted by Crippen LogP contribution is -2.15. The van der Waals surface area contributed by atoms with Gasteiger partial charge in [-0.1, -0.05) is 6.08 Å². The number of halogens is 2. The summed E-state index contributed by atoms with van der Waals surface area (Å²) in [6.07, 6.45) is -0.177.